The molecule has 2 amide bonds. The predicted octanol–water partition coefficient (Wildman–Crippen LogP) is 4.95. The molecular weight excluding hydrogens is 693 g/mol. The number of nitrogens with one attached hydrogen (secondary N) is 1. The number of aromatic nitrogens is 3. The monoisotopic (exact) mass is 734 g/mol. The number of aryl methyl sites for hydroxylation is 1. The van der Waals surface area contributed by atoms with Gasteiger partial charge in [0, 0.05) is 42.2 Å². The van der Waals surface area contributed by atoms with Crippen molar-refractivity contribution in [1.82, 2.24) is 28.3 Å². The second kappa shape index (κ2) is 13.2. The number of rotatable bonds is 7. The summed E-state index contributed by atoms with van der Waals surface area (Å²) in [6.45, 7) is 1.31. The van der Waals surface area contributed by atoms with E-state index in [1.807, 2.05) is 36.2 Å². The number of carbonyl (C=O) groups excluding carboxylic acids is 2. The fourth-order valence-corrected chi connectivity index (χ4v) is 10.1. The summed E-state index contributed by atoms with van der Waals surface area (Å²) >= 11 is 0. The number of morpholine rings is 1. The molecule has 4 aromatic rings. The van der Waals surface area contributed by atoms with E-state index < -0.39 is 16.1 Å². The van der Waals surface area contributed by atoms with E-state index in [4.69, 9.17) is 9.47 Å². The number of carbonyl (C=O) groups is 2. The normalized spacial score (nSPS) is 21.4. The Morgan fingerprint density at radius 3 is 2.43 bits per heavy atom. The van der Waals surface area contributed by atoms with Crippen molar-refractivity contribution >= 4 is 44.6 Å². The van der Waals surface area contributed by atoms with Crippen LogP contribution < -0.4 is 9.46 Å². The lowest BCUT2D eigenvalue weighted by molar-refractivity contribution is 0.0719. The van der Waals surface area contributed by atoms with E-state index in [-0.39, 0.29) is 49.9 Å². The summed E-state index contributed by atoms with van der Waals surface area (Å²) in [5.74, 6) is 6.70. The highest BCUT2D eigenvalue weighted by Crippen LogP contribution is 2.48. The minimum atomic E-state index is -4.06. The van der Waals surface area contributed by atoms with Crippen LogP contribution in [-0.4, -0.2) is 89.3 Å². The number of hydrogen-bond donors (Lipinski definition) is 1. The molecule has 1 aliphatic carbocycles. The lowest BCUT2D eigenvalue weighted by Crippen LogP contribution is -2.48. The summed E-state index contributed by atoms with van der Waals surface area (Å²) in [5, 5.41) is 5.65. The number of ether oxygens (including phenoxy) is 2. The zero-order valence-corrected chi connectivity index (χ0v) is 30.7. The van der Waals surface area contributed by atoms with Crippen molar-refractivity contribution in [2.75, 3.05) is 33.4 Å². The van der Waals surface area contributed by atoms with E-state index in [0.29, 0.717) is 18.0 Å². The second-order valence-corrected chi connectivity index (χ2v) is 16.3. The molecule has 2 aromatic carbocycles. The van der Waals surface area contributed by atoms with Crippen molar-refractivity contribution < 1.29 is 27.5 Å². The van der Waals surface area contributed by atoms with E-state index in [0.717, 1.165) is 83.3 Å². The number of benzene rings is 2. The van der Waals surface area contributed by atoms with Crippen molar-refractivity contribution in [3.05, 3.63) is 70.5 Å². The van der Waals surface area contributed by atoms with Gasteiger partial charge >= 0.3 is 10.2 Å². The van der Waals surface area contributed by atoms with Crippen LogP contribution >= 0.6 is 0 Å². The molecule has 2 aromatic heterocycles. The van der Waals surface area contributed by atoms with Crippen LogP contribution in [0.5, 0.6) is 5.75 Å². The van der Waals surface area contributed by atoms with E-state index in [1.54, 1.807) is 24.1 Å². The average Bonchev–Trinajstić information content (AvgIpc) is 3.94. The van der Waals surface area contributed by atoms with Gasteiger partial charge in [-0.25, -0.2) is 4.72 Å². The fourth-order valence-electron chi connectivity index (χ4n) is 9.04. The van der Waals surface area contributed by atoms with E-state index in [1.165, 1.54) is 16.3 Å². The highest BCUT2D eigenvalue weighted by atomic mass is 32.2. The van der Waals surface area contributed by atoms with Crippen molar-refractivity contribution in [2.45, 2.75) is 69.5 Å². The molecule has 2 saturated heterocycles. The molecule has 1 saturated carbocycles. The SMILES string of the molecule is COc1ccc2c(c1)C=C(c1c(C(=O)N3[C@@H]4C#C[C@H]3CC4)cnn1C)Cn1c-2c(C2CCCCC2)c2ccc(C(=O)NS(=O)(=O)N3CCOCC3)cc21. The molecule has 6 heterocycles. The highest BCUT2D eigenvalue weighted by molar-refractivity contribution is 7.87. The maximum Gasteiger partial charge on any atom is 0.304 e. The molecule has 274 valence electrons. The van der Waals surface area contributed by atoms with Crippen LogP contribution in [0.15, 0.2) is 42.6 Å². The number of allylic oxidation sites excluding steroid dienone is 1. The molecule has 0 radical (unpaired) electrons. The largest absolute Gasteiger partial charge is 0.497 e. The minimum Gasteiger partial charge on any atom is -0.497 e. The van der Waals surface area contributed by atoms with Gasteiger partial charge in [-0.15, -0.1) is 0 Å². The summed E-state index contributed by atoms with van der Waals surface area (Å²) in [5.41, 5.74) is 7.47. The van der Waals surface area contributed by atoms with Crippen molar-refractivity contribution in [3.63, 3.8) is 0 Å². The summed E-state index contributed by atoms with van der Waals surface area (Å²) in [4.78, 5) is 29.9. The van der Waals surface area contributed by atoms with Crippen LogP contribution in [-0.2, 0) is 28.5 Å². The molecule has 9 rings (SSSR count). The third-order valence-corrected chi connectivity index (χ3v) is 13.1. The van der Waals surface area contributed by atoms with Crippen LogP contribution in [0.2, 0.25) is 0 Å². The van der Waals surface area contributed by atoms with E-state index in [9.17, 15) is 18.0 Å². The van der Waals surface area contributed by atoms with Crippen LogP contribution in [0.4, 0.5) is 0 Å². The van der Waals surface area contributed by atoms with E-state index in [2.05, 4.69) is 38.4 Å². The quantitative estimate of drug-likeness (QED) is 0.266. The van der Waals surface area contributed by atoms with Gasteiger partial charge in [0.15, 0.2) is 0 Å². The molecule has 53 heavy (non-hydrogen) atoms. The smallest absolute Gasteiger partial charge is 0.304 e. The highest BCUT2D eigenvalue weighted by Gasteiger charge is 2.41. The molecule has 5 aliphatic rings. The Morgan fingerprint density at radius 2 is 1.72 bits per heavy atom. The topological polar surface area (TPSA) is 128 Å². The predicted molar refractivity (Wildman–Crippen MR) is 200 cm³/mol. The Morgan fingerprint density at radius 1 is 0.962 bits per heavy atom. The third-order valence-electron chi connectivity index (χ3n) is 11.6. The average molecular weight is 735 g/mol. The van der Waals surface area contributed by atoms with Gasteiger partial charge in [0.1, 0.15) is 5.75 Å². The van der Waals surface area contributed by atoms with Gasteiger partial charge in [0.05, 0.1) is 62.1 Å². The van der Waals surface area contributed by atoms with Crippen LogP contribution in [0.1, 0.15) is 88.4 Å². The third kappa shape index (κ3) is 5.75. The number of nitrogens with zero attached hydrogens (tertiary/aromatic N) is 5. The lowest BCUT2D eigenvalue weighted by Gasteiger charge is -2.25. The van der Waals surface area contributed by atoms with Gasteiger partial charge < -0.3 is 18.9 Å². The van der Waals surface area contributed by atoms with Gasteiger partial charge in [-0.1, -0.05) is 37.2 Å². The summed E-state index contributed by atoms with van der Waals surface area (Å²) in [6.07, 6.45) is 11.1. The Balaban J connectivity index is 1.20. The molecule has 2 bridgehead atoms. The molecule has 4 aliphatic heterocycles. The van der Waals surface area contributed by atoms with Gasteiger partial charge in [-0.3, -0.25) is 14.3 Å². The van der Waals surface area contributed by atoms with Crippen molar-refractivity contribution in [3.8, 4) is 28.8 Å². The zero-order chi connectivity index (χ0) is 36.4. The van der Waals surface area contributed by atoms with Crippen molar-refractivity contribution in [2.24, 2.45) is 7.05 Å². The van der Waals surface area contributed by atoms with Crippen LogP contribution in [0, 0.1) is 11.8 Å². The molecule has 1 N–H and O–H groups in total. The maximum atomic E-state index is 14.3. The van der Waals surface area contributed by atoms with Crippen LogP contribution in [0.25, 0.3) is 33.8 Å². The summed E-state index contributed by atoms with van der Waals surface area (Å²) in [6, 6.07) is 11.5. The first-order valence-electron chi connectivity index (χ1n) is 18.5. The van der Waals surface area contributed by atoms with Crippen LogP contribution in [0.3, 0.4) is 0 Å². The van der Waals surface area contributed by atoms with E-state index >= 15 is 0 Å². The lowest BCUT2D eigenvalue weighted by atomic mass is 9.81. The molecule has 12 nitrogen and oxygen atoms in total. The fraction of sp³-hybridized carbons (Fsp3) is 0.425. The second-order valence-electron chi connectivity index (χ2n) is 14.6. The van der Waals surface area contributed by atoms with Gasteiger partial charge in [-0.05, 0) is 84.7 Å². The number of fused-ring (bicyclic) bond motifs is 7. The first-order chi connectivity index (χ1) is 25.7. The molecule has 13 heteroatoms. The Kier molecular flexibility index (Phi) is 8.44. The number of hydrogen-bond acceptors (Lipinski definition) is 7. The van der Waals surface area contributed by atoms with Crippen molar-refractivity contribution in [1.29, 1.82) is 0 Å². The van der Waals surface area contributed by atoms with Gasteiger partial charge in [0.2, 0.25) is 0 Å². The Bertz CT molecular complexity index is 2350. The molecule has 0 spiro atoms. The summed E-state index contributed by atoms with van der Waals surface area (Å²) in [7, 11) is -0.545. The first kappa shape index (κ1) is 33.9. The first-order valence-corrected chi connectivity index (χ1v) is 20.0. The number of amides is 2. The molecular formula is C40H42N6O6S. The minimum absolute atomic E-state index is 0.0802. The van der Waals surface area contributed by atoms with Gasteiger partial charge in [-0.2, -0.15) is 17.8 Å². The van der Waals surface area contributed by atoms with Gasteiger partial charge in [0.25, 0.3) is 11.8 Å². The Hall–Kier alpha value is -4.90. The number of methoxy groups -OCH3 is 1. The Labute approximate surface area is 308 Å². The molecule has 2 atom stereocenters. The zero-order valence-electron chi connectivity index (χ0n) is 29.9. The molecule has 0 unspecified atom stereocenters. The standard InChI is InChI=1S/C40H42N6O6S/c1-43-37(34(23-41-43)40(48)46-29-9-10-30(46)12-11-29)28-20-27-21-31(51-2)13-15-32(27)38-36(25-6-4-3-5-7-25)33-14-8-26(22-35(33)45(38)24-28)39(47)42-53(49,50)44-16-18-52-19-17-44/h8,13-15,20-23,25,29-30H,3-7,9-10,16-19,24H2,1-2H3,(H,42,47)/t29-,30+. The summed E-state index contributed by atoms with van der Waals surface area (Å²) < 4.78 is 45.0. The molecule has 3 fully saturated rings. The maximum absolute atomic E-state index is 14.3.